The molecule has 12 heavy (non-hydrogen) atoms. The fourth-order valence-corrected chi connectivity index (χ4v) is 0.888. The Balaban J connectivity index is 3.57. The summed E-state index contributed by atoms with van der Waals surface area (Å²) >= 11 is 0. The molecule has 0 spiro atoms. The summed E-state index contributed by atoms with van der Waals surface area (Å²) in [5, 5.41) is 0. The highest BCUT2D eigenvalue weighted by atomic mass is 14.0. The second kappa shape index (κ2) is 7.22. The van der Waals surface area contributed by atoms with Gasteiger partial charge in [0.2, 0.25) is 0 Å². The molecule has 0 N–H and O–H groups in total. The summed E-state index contributed by atoms with van der Waals surface area (Å²) in [5.41, 5.74) is 0. The highest BCUT2D eigenvalue weighted by Gasteiger charge is 1.95. The van der Waals surface area contributed by atoms with Gasteiger partial charge >= 0.3 is 0 Å². The predicted octanol–water partition coefficient (Wildman–Crippen LogP) is 3.49. The zero-order valence-corrected chi connectivity index (χ0v) is 8.40. The molecule has 0 amide bonds. The van der Waals surface area contributed by atoms with E-state index < -0.39 is 0 Å². The van der Waals surface area contributed by atoms with Crippen molar-refractivity contribution in [2.24, 2.45) is 11.8 Å². The van der Waals surface area contributed by atoms with Crippen LogP contribution >= 0.6 is 0 Å². The van der Waals surface area contributed by atoms with Gasteiger partial charge in [0.25, 0.3) is 0 Å². The monoisotopic (exact) mass is 164 g/mol. The largest absolute Gasteiger partial charge is 0.103 e. The minimum atomic E-state index is 0.513. The van der Waals surface area contributed by atoms with Crippen LogP contribution in [0.25, 0.3) is 0 Å². The Kier molecular flexibility index (Phi) is 6.96. The van der Waals surface area contributed by atoms with Gasteiger partial charge in [-0.25, -0.2) is 0 Å². The zero-order valence-electron chi connectivity index (χ0n) is 8.40. The lowest BCUT2D eigenvalue weighted by molar-refractivity contribution is 0.608. The molecule has 0 bridgehead atoms. The Labute approximate surface area is 77.8 Å². The molecule has 2 radical (unpaired) electrons. The van der Waals surface area contributed by atoms with E-state index in [9.17, 15) is 0 Å². The molecule has 0 rings (SSSR count). The average molecular weight is 164 g/mol. The first-order valence-corrected chi connectivity index (χ1v) is 4.77. The van der Waals surface area contributed by atoms with Gasteiger partial charge in [-0.05, 0) is 18.8 Å². The molecule has 2 unspecified atom stereocenters. The molecule has 0 nitrogen and oxygen atoms in total. The molecule has 0 aliphatic rings. The van der Waals surface area contributed by atoms with Crippen molar-refractivity contribution in [3.05, 3.63) is 13.8 Å². The minimum absolute atomic E-state index is 0.513. The van der Waals surface area contributed by atoms with Crippen molar-refractivity contribution < 1.29 is 0 Å². The average Bonchev–Trinajstić information content (AvgIpc) is 2.04. The molecule has 0 aromatic heterocycles. The van der Waals surface area contributed by atoms with Gasteiger partial charge in [0, 0.05) is 12.3 Å². The third-order valence-corrected chi connectivity index (χ3v) is 1.93. The van der Waals surface area contributed by atoms with Crippen LogP contribution < -0.4 is 0 Å². The topological polar surface area (TPSA) is 0 Å². The minimum Gasteiger partial charge on any atom is -0.103 e. The molecule has 2 atom stereocenters. The van der Waals surface area contributed by atoms with Crippen LogP contribution in [0.5, 0.6) is 0 Å². The van der Waals surface area contributed by atoms with E-state index in [1.807, 2.05) is 0 Å². The summed E-state index contributed by atoms with van der Waals surface area (Å²) in [6, 6.07) is 0. The van der Waals surface area contributed by atoms with E-state index in [-0.39, 0.29) is 0 Å². The van der Waals surface area contributed by atoms with Crippen LogP contribution in [0, 0.1) is 37.5 Å². The smallest absolute Gasteiger partial charge is 0.0174 e. The van der Waals surface area contributed by atoms with Gasteiger partial charge < -0.3 is 0 Å². The van der Waals surface area contributed by atoms with E-state index >= 15 is 0 Å². The number of rotatable bonds is 4. The Hall–Kier alpha value is -0.440. The highest BCUT2D eigenvalue weighted by molar-refractivity contribution is 5.03. The van der Waals surface area contributed by atoms with E-state index in [4.69, 9.17) is 0 Å². The fourth-order valence-electron chi connectivity index (χ4n) is 0.888. The molecular formula is C12H20. The summed E-state index contributed by atoms with van der Waals surface area (Å²) in [7, 11) is 0. The van der Waals surface area contributed by atoms with Crippen LogP contribution in [-0.4, -0.2) is 0 Å². The van der Waals surface area contributed by atoms with E-state index in [2.05, 4.69) is 39.5 Å². The van der Waals surface area contributed by atoms with E-state index in [0.717, 1.165) is 25.7 Å². The molecule has 0 fully saturated rings. The van der Waals surface area contributed by atoms with Gasteiger partial charge in [0.1, 0.15) is 0 Å². The van der Waals surface area contributed by atoms with E-state index in [1.165, 1.54) is 0 Å². The third kappa shape index (κ3) is 6.28. The highest BCUT2D eigenvalue weighted by Crippen LogP contribution is 2.06. The first-order valence-electron chi connectivity index (χ1n) is 4.77. The number of hydrogen-bond acceptors (Lipinski definition) is 0. The summed E-state index contributed by atoms with van der Waals surface area (Å²) in [4.78, 5) is 0. The number of hydrogen-bond donors (Lipinski definition) is 0. The normalized spacial score (nSPS) is 14.7. The van der Waals surface area contributed by atoms with Gasteiger partial charge in [-0.15, -0.1) is 11.8 Å². The van der Waals surface area contributed by atoms with Gasteiger partial charge in [0.05, 0.1) is 0 Å². The molecule has 0 aromatic carbocycles. The lowest BCUT2D eigenvalue weighted by atomic mass is 10.0. The van der Waals surface area contributed by atoms with Crippen LogP contribution in [0.4, 0.5) is 0 Å². The molecule has 68 valence electrons. The Bertz CT molecular complexity index is 147. The van der Waals surface area contributed by atoms with Gasteiger partial charge in [-0.2, -0.15) is 0 Å². The SMILES string of the molecule is [CH2]CCC(C)C#CCC(C)C[CH2]. The molecule has 0 saturated heterocycles. The first kappa shape index (κ1) is 11.6. The van der Waals surface area contributed by atoms with Crippen LogP contribution in [0.2, 0.25) is 0 Å². The van der Waals surface area contributed by atoms with Gasteiger partial charge in [-0.1, -0.05) is 34.1 Å². The quantitative estimate of drug-likeness (QED) is 0.558. The summed E-state index contributed by atoms with van der Waals surface area (Å²) in [6.45, 7) is 12.0. The van der Waals surface area contributed by atoms with E-state index in [1.54, 1.807) is 0 Å². The zero-order chi connectivity index (χ0) is 9.40. The maximum absolute atomic E-state index is 3.84. The van der Waals surface area contributed by atoms with Crippen LogP contribution in [0.1, 0.15) is 39.5 Å². The molecule has 0 heteroatoms. The van der Waals surface area contributed by atoms with Crippen LogP contribution in [0.15, 0.2) is 0 Å². The third-order valence-electron chi connectivity index (χ3n) is 1.93. The molecule has 0 aliphatic heterocycles. The van der Waals surface area contributed by atoms with Crippen LogP contribution in [0.3, 0.4) is 0 Å². The predicted molar refractivity (Wildman–Crippen MR) is 55.3 cm³/mol. The lowest BCUT2D eigenvalue weighted by Crippen LogP contribution is -1.91. The van der Waals surface area contributed by atoms with Gasteiger partial charge in [0.15, 0.2) is 0 Å². The second-order valence-corrected chi connectivity index (χ2v) is 3.46. The summed E-state index contributed by atoms with van der Waals surface area (Å²) in [6.07, 6.45) is 4.08. The van der Waals surface area contributed by atoms with Gasteiger partial charge in [-0.3, -0.25) is 0 Å². The first-order chi connectivity index (χ1) is 5.70. The summed E-state index contributed by atoms with van der Waals surface area (Å²) < 4.78 is 0. The van der Waals surface area contributed by atoms with Crippen molar-refractivity contribution in [1.82, 2.24) is 0 Å². The molecule has 0 aliphatic carbocycles. The second-order valence-electron chi connectivity index (χ2n) is 3.46. The Morgan fingerprint density at radius 1 is 1.25 bits per heavy atom. The van der Waals surface area contributed by atoms with Crippen molar-refractivity contribution in [3.8, 4) is 11.8 Å². The lowest BCUT2D eigenvalue weighted by Gasteiger charge is -2.01. The molecule has 0 heterocycles. The van der Waals surface area contributed by atoms with Crippen molar-refractivity contribution in [3.63, 3.8) is 0 Å². The van der Waals surface area contributed by atoms with Crippen molar-refractivity contribution in [1.29, 1.82) is 0 Å². The maximum Gasteiger partial charge on any atom is 0.0174 e. The molecular weight excluding hydrogens is 144 g/mol. The molecule has 0 aromatic rings. The van der Waals surface area contributed by atoms with Crippen molar-refractivity contribution in [2.45, 2.75) is 39.5 Å². The van der Waals surface area contributed by atoms with E-state index in [0.29, 0.717) is 11.8 Å². The fraction of sp³-hybridized carbons (Fsp3) is 0.667. The standard InChI is InChI=1S/C12H20/c1-5-8-12(4)10-7-9-11(3)6-2/h11-12H,1-2,5-6,8-9H2,3-4H3. The molecule has 0 saturated carbocycles. The van der Waals surface area contributed by atoms with Crippen molar-refractivity contribution >= 4 is 0 Å². The Morgan fingerprint density at radius 3 is 2.42 bits per heavy atom. The summed E-state index contributed by atoms with van der Waals surface area (Å²) in [5.74, 6) is 7.59. The van der Waals surface area contributed by atoms with Crippen LogP contribution in [-0.2, 0) is 0 Å². The Morgan fingerprint density at radius 2 is 1.92 bits per heavy atom. The maximum atomic E-state index is 3.84. The van der Waals surface area contributed by atoms with Crippen molar-refractivity contribution in [2.75, 3.05) is 0 Å².